The van der Waals surface area contributed by atoms with Crippen molar-refractivity contribution in [2.24, 2.45) is 0 Å². The molecule has 152 valence electrons. The fourth-order valence-electron chi connectivity index (χ4n) is 4.38. The molecule has 3 heteroatoms. The van der Waals surface area contributed by atoms with Gasteiger partial charge in [-0.2, -0.15) is 0 Å². The number of benzene rings is 3. The van der Waals surface area contributed by atoms with E-state index in [-0.39, 0.29) is 5.41 Å². The molecule has 3 aromatic carbocycles. The van der Waals surface area contributed by atoms with Crippen molar-refractivity contribution in [3.8, 4) is 10.8 Å². The van der Waals surface area contributed by atoms with E-state index >= 15 is 0 Å². The van der Waals surface area contributed by atoms with Crippen molar-refractivity contribution < 1.29 is 4.74 Å². The Morgan fingerprint density at radius 3 is 2.23 bits per heavy atom. The van der Waals surface area contributed by atoms with E-state index in [2.05, 4.69) is 95.0 Å². The standard InChI is InChI=1S/C27H27NOS/c1-16-11-12-23-20(13-16)25-26(30-23)29-22-10-8-7-9-21(22)28(25)24-17(2)14-19(15-18(24)3)27(4,5)6/h7-15H,1-6H3. The van der Waals surface area contributed by atoms with Gasteiger partial charge in [-0.3, -0.25) is 0 Å². The van der Waals surface area contributed by atoms with Crippen LogP contribution in [0.5, 0.6) is 10.8 Å². The van der Waals surface area contributed by atoms with Crippen LogP contribution in [0.2, 0.25) is 0 Å². The van der Waals surface area contributed by atoms with Crippen molar-refractivity contribution in [1.82, 2.24) is 0 Å². The van der Waals surface area contributed by atoms with Gasteiger partial charge in [0.05, 0.1) is 11.4 Å². The summed E-state index contributed by atoms with van der Waals surface area (Å²) < 4.78 is 7.64. The number of aryl methyl sites for hydroxylation is 3. The number of thiophene rings is 1. The number of fused-ring (bicyclic) bond motifs is 4. The summed E-state index contributed by atoms with van der Waals surface area (Å²) in [7, 11) is 0. The van der Waals surface area contributed by atoms with Crippen LogP contribution in [0, 0.1) is 20.8 Å². The first-order chi connectivity index (χ1) is 14.2. The monoisotopic (exact) mass is 413 g/mol. The maximum Gasteiger partial charge on any atom is 0.206 e. The summed E-state index contributed by atoms with van der Waals surface area (Å²) in [6.07, 6.45) is 0. The SMILES string of the molecule is Cc1ccc2sc3c(c2c1)N(c1c(C)cc(C(C)(C)C)cc1C)c1ccccc1O3. The maximum absolute atomic E-state index is 6.39. The Morgan fingerprint density at radius 1 is 0.833 bits per heavy atom. The zero-order chi connectivity index (χ0) is 21.2. The first kappa shape index (κ1) is 19.2. The summed E-state index contributed by atoms with van der Waals surface area (Å²) in [5, 5.41) is 2.22. The van der Waals surface area contributed by atoms with Crippen molar-refractivity contribution in [2.75, 3.05) is 4.90 Å². The number of nitrogens with zero attached hydrogens (tertiary/aromatic N) is 1. The maximum atomic E-state index is 6.39. The number of ether oxygens (including phenoxy) is 1. The highest BCUT2D eigenvalue weighted by Crippen LogP contribution is 2.58. The number of hydrogen-bond donors (Lipinski definition) is 0. The summed E-state index contributed by atoms with van der Waals surface area (Å²) in [5.41, 5.74) is 8.83. The van der Waals surface area contributed by atoms with Gasteiger partial charge < -0.3 is 9.64 Å². The van der Waals surface area contributed by atoms with Crippen molar-refractivity contribution in [3.63, 3.8) is 0 Å². The van der Waals surface area contributed by atoms with Crippen LogP contribution in [-0.2, 0) is 5.41 Å². The molecule has 1 aromatic heterocycles. The van der Waals surface area contributed by atoms with Crippen molar-refractivity contribution in [3.05, 3.63) is 76.9 Å². The van der Waals surface area contributed by atoms with Crippen LogP contribution in [0.1, 0.15) is 43.0 Å². The molecule has 5 rings (SSSR count). The van der Waals surface area contributed by atoms with Gasteiger partial charge in [0.2, 0.25) is 5.06 Å². The first-order valence-electron chi connectivity index (χ1n) is 10.5. The van der Waals surface area contributed by atoms with Gasteiger partial charge in [0.25, 0.3) is 0 Å². The first-order valence-corrected chi connectivity index (χ1v) is 11.3. The minimum atomic E-state index is 0.119. The van der Waals surface area contributed by atoms with E-state index in [0.29, 0.717) is 0 Å². The summed E-state index contributed by atoms with van der Waals surface area (Å²) in [6, 6.07) is 19.7. The second-order valence-electron chi connectivity index (χ2n) is 9.35. The molecule has 2 heterocycles. The second kappa shape index (κ2) is 6.61. The Morgan fingerprint density at radius 2 is 1.53 bits per heavy atom. The fourth-order valence-corrected chi connectivity index (χ4v) is 5.41. The van der Waals surface area contributed by atoms with Crippen LogP contribution in [0.25, 0.3) is 10.1 Å². The van der Waals surface area contributed by atoms with Crippen molar-refractivity contribution in [1.29, 1.82) is 0 Å². The average Bonchev–Trinajstić information content (AvgIpc) is 3.03. The predicted octanol–water partition coefficient (Wildman–Crippen LogP) is 8.70. The predicted molar refractivity (Wildman–Crippen MR) is 129 cm³/mol. The van der Waals surface area contributed by atoms with E-state index in [0.717, 1.165) is 22.2 Å². The highest BCUT2D eigenvalue weighted by Gasteiger charge is 2.32. The van der Waals surface area contributed by atoms with E-state index < -0.39 is 0 Å². The van der Waals surface area contributed by atoms with E-state index in [1.165, 1.54) is 38.0 Å². The quantitative estimate of drug-likeness (QED) is 0.272. The number of hydrogen-bond acceptors (Lipinski definition) is 3. The lowest BCUT2D eigenvalue weighted by atomic mass is 9.84. The Bertz CT molecular complexity index is 1270. The average molecular weight is 414 g/mol. The molecule has 0 unspecified atom stereocenters. The Labute approximate surface area is 182 Å². The molecule has 0 amide bonds. The molecule has 0 atom stereocenters. The van der Waals surface area contributed by atoms with Gasteiger partial charge in [0.15, 0.2) is 5.75 Å². The molecule has 1 aliphatic rings. The normalized spacial score (nSPS) is 13.2. The summed E-state index contributed by atoms with van der Waals surface area (Å²) in [5.74, 6) is 0.909. The minimum Gasteiger partial charge on any atom is -0.442 e. The molecule has 2 nitrogen and oxygen atoms in total. The summed E-state index contributed by atoms with van der Waals surface area (Å²) >= 11 is 1.73. The molecule has 0 N–H and O–H groups in total. The van der Waals surface area contributed by atoms with E-state index in [1.54, 1.807) is 11.3 Å². The summed E-state index contributed by atoms with van der Waals surface area (Å²) in [4.78, 5) is 2.42. The van der Waals surface area contributed by atoms with Crippen molar-refractivity contribution in [2.45, 2.75) is 47.0 Å². The zero-order valence-electron chi connectivity index (χ0n) is 18.5. The van der Waals surface area contributed by atoms with E-state index in [4.69, 9.17) is 4.74 Å². The molecule has 4 aromatic rings. The summed E-state index contributed by atoms with van der Waals surface area (Å²) in [6.45, 7) is 13.4. The third-order valence-electron chi connectivity index (χ3n) is 5.90. The molecule has 0 saturated heterocycles. The van der Waals surface area contributed by atoms with Gasteiger partial charge in [-0.1, -0.05) is 68.0 Å². The lowest BCUT2D eigenvalue weighted by Crippen LogP contribution is -2.18. The third-order valence-corrected chi connectivity index (χ3v) is 6.94. The molecule has 1 aliphatic heterocycles. The van der Waals surface area contributed by atoms with Gasteiger partial charge in [-0.05, 0) is 67.1 Å². The van der Waals surface area contributed by atoms with Crippen LogP contribution in [0.3, 0.4) is 0 Å². The number of para-hydroxylation sites is 2. The molecule has 0 saturated carbocycles. The molecule has 0 spiro atoms. The van der Waals surface area contributed by atoms with E-state index in [1.807, 2.05) is 6.07 Å². The molecular weight excluding hydrogens is 386 g/mol. The van der Waals surface area contributed by atoms with Crippen LogP contribution < -0.4 is 9.64 Å². The molecular formula is C27H27NOS. The van der Waals surface area contributed by atoms with Crippen LogP contribution in [0.4, 0.5) is 17.1 Å². The highest BCUT2D eigenvalue weighted by molar-refractivity contribution is 7.21. The Balaban J connectivity index is 1.83. The van der Waals surface area contributed by atoms with Crippen LogP contribution in [-0.4, -0.2) is 0 Å². The Kier molecular flexibility index (Phi) is 4.23. The minimum absolute atomic E-state index is 0.119. The van der Waals surface area contributed by atoms with Crippen molar-refractivity contribution >= 4 is 38.5 Å². The lowest BCUT2D eigenvalue weighted by molar-refractivity contribution is 0.491. The van der Waals surface area contributed by atoms with Crippen LogP contribution >= 0.6 is 11.3 Å². The third kappa shape index (κ3) is 2.92. The molecule has 0 bridgehead atoms. The largest absolute Gasteiger partial charge is 0.442 e. The van der Waals surface area contributed by atoms with Gasteiger partial charge in [-0.15, -0.1) is 0 Å². The Hall–Kier alpha value is -2.78. The molecule has 30 heavy (non-hydrogen) atoms. The van der Waals surface area contributed by atoms with Crippen LogP contribution in [0.15, 0.2) is 54.6 Å². The van der Waals surface area contributed by atoms with Gasteiger partial charge in [-0.25, -0.2) is 0 Å². The van der Waals surface area contributed by atoms with Gasteiger partial charge in [0.1, 0.15) is 5.69 Å². The highest BCUT2D eigenvalue weighted by atomic mass is 32.1. The molecule has 0 radical (unpaired) electrons. The number of rotatable bonds is 1. The number of anilines is 3. The van der Waals surface area contributed by atoms with Gasteiger partial charge >= 0.3 is 0 Å². The van der Waals surface area contributed by atoms with Gasteiger partial charge in [0, 0.05) is 10.1 Å². The topological polar surface area (TPSA) is 12.5 Å². The second-order valence-corrected chi connectivity index (χ2v) is 10.4. The smallest absolute Gasteiger partial charge is 0.206 e. The van der Waals surface area contributed by atoms with E-state index in [9.17, 15) is 0 Å². The fraction of sp³-hybridized carbons (Fsp3) is 0.259. The molecule has 0 fully saturated rings. The molecule has 0 aliphatic carbocycles. The lowest BCUT2D eigenvalue weighted by Gasteiger charge is -2.34. The zero-order valence-corrected chi connectivity index (χ0v) is 19.3.